The predicted octanol–water partition coefficient (Wildman–Crippen LogP) is 3.81. The smallest absolute Gasteiger partial charge is 0.222 e. The molecule has 0 radical (unpaired) electrons. The maximum Gasteiger partial charge on any atom is 0.222 e. The summed E-state index contributed by atoms with van der Waals surface area (Å²) in [4.78, 5) is 17.6. The lowest BCUT2D eigenvalue weighted by atomic mass is 10.1. The number of aromatic nitrogens is 1. The van der Waals surface area contributed by atoms with Gasteiger partial charge in [-0.1, -0.05) is 12.1 Å². The summed E-state index contributed by atoms with van der Waals surface area (Å²) in [6.07, 6.45) is 1.43. The highest BCUT2D eigenvalue weighted by molar-refractivity contribution is 7.13. The van der Waals surface area contributed by atoms with Gasteiger partial charge in [-0.15, -0.1) is 22.9 Å². The molecule has 0 unspecified atom stereocenters. The first-order valence-corrected chi connectivity index (χ1v) is 8.16. The van der Waals surface area contributed by atoms with Gasteiger partial charge >= 0.3 is 0 Å². The SMILES string of the molecule is O=C1CCCN1Cc1ccc(-c2nc(CCl)cs2)cc1F. The zero-order valence-corrected chi connectivity index (χ0v) is 12.9. The Morgan fingerprint density at radius 2 is 2.29 bits per heavy atom. The van der Waals surface area contributed by atoms with Crippen molar-refractivity contribution in [2.75, 3.05) is 6.54 Å². The van der Waals surface area contributed by atoms with E-state index >= 15 is 0 Å². The molecule has 3 nitrogen and oxygen atoms in total. The van der Waals surface area contributed by atoms with Crippen molar-refractivity contribution in [3.05, 3.63) is 40.7 Å². The lowest BCUT2D eigenvalue weighted by Gasteiger charge is -2.16. The highest BCUT2D eigenvalue weighted by Gasteiger charge is 2.21. The highest BCUT2D eigenvalue weighted by Crippen LogP contribution is 2.27. The van der Waals surface area contributed by atoms with Gasteiger partial charge in [0.05, 0.1) is 11.6 Å². The summed E-state index contributed by atoms with van der Waals surface area (Å²) >= 11 is 7.17. The number of hydrogen-bond acceptors (Lipinski definition) is 3. The summed E-state index contributed by atoms with van der Waals surface area (Å²) < 4.78 is 14.2. The number of carbonyl (C=O) groups is 1. The minimum absolute atomic E-state index is 0.102. The number of carbonyl (C=O) groups excluding carboxylic acids is 1. The van der Waals surface area contributed by atoms with E-state index in [1.54, 1.807) is 11.0 Å². The first-order chi connectivity index (χ1) is 10.2. The Morgan fingerprint density at radius 1 is 1.43 bits per heavy atom. The molecular weight excluding hydrogens is 311 g/mol. The number of benzene rings is 1. The Labute approximate surface area is 131 Å². The van der Waals surface area contributed by atoms with Crippen LogP contribution >= 0.6 is 22.9 Å². The Kier molecular flexibility index (Phi) is 4.22. The van der Waals surface area contributed by atoms with Crippen LogP contribution in [0.3, 0.4) is 0 Å². The number of nitrogens with zero attached hydrogens (tertiary/aromatic N) is 2. The van der Waals surface area contributed by atoms with Crippen molar-refractivity contribution in [1.82, 2.24) is 9.88 Å². The number of likely N-dealkylation sites (tertiary alicyclic amines) is 1. The lowest BCUT2D eigenvalue weighted by molar-refractivity contribution is -0.128. The van der Waals surface area contributed by atoms with E-state index in [2.05, 4.69) is 4.98 Å². The van der Waals surface area contributed by atoms with Crippen LogP contribution in [0.1, 0.15) is 24.1 Å². The Hall–Kier alpha value is -1.46. The molecule has 1 aromatic heterocycles. The molecule has 0 saturated carbocycles. The molecule has 21 heavy (non-hydrogen) atoms. The van der Waals surface area contributed by atoms with E-state index in [0.717, 1.165) is 22.7 Å². The van der Waals surface area contributed by atoms with Crippen LogP contribution in [0.4, 0.5) is 4.39 Å². The molecule has 3 rings (SSSR count). The normalized spacial score (nSPS) is 15.0. The van der Waals surface area contributed by atoms with Crippen molar-refractivity contribution in [3.63, 3.8) is 0 Å². The molecule has 0 N–H and O–H groups in total. The molecule has 0 aliphatic carbocycles. The van der Waals surface area contributed by atoms with Crippen molar-refractivity contribution >= 4 is 28.8 Å². The zero-order valence-electron chi connectivity index (χ0n) is 11.3. The molecule has 0 atom stereocenters. The minimum Gasteiger partial charge on any atom is -0.338 e. The Balaban J connectivity index is 1.80. The van der Waals surface area contributed by atoms with Gasteiger partial charge < -0.3 is 4.90 Å². The van der Waals surface area contributed by atoms with E-state index in [1.807, 2.05) is 11.4 Å². The number of alkyl halides is 1. The topological polar surface area (TPSA) is 33.2 Å². The lowest BCUT2D eigenvalue weighted by Crippen LogP contribution is -2.24. The Morgan fingerprint density at radius 3 is 2.90 bits per heavy atom. The standard InChI is InChI=1S/C15H14ClFN2OS/c16-7-12-9-21-15(18-12)10-3-4-11(13(17)6-10)8-19-5-1-2-14(19)20/h3-4,6,9H,1-2,5,7-8H2. The van der Waals surface area contributed by atoms with Gasteiger partial charge in [-0.05, 0) is 12.5 Å². The fourth-order valence-corrected chi connectivity index (χ4v) is 3.43. The van der Waals surface area contributed by atoms with Gasteiger partial charge in [0.15, 0.2) is 0 Å². The summed E-state index contributed by atoms with van der Waals surface area (Å²) in [5, 5.41) is 2.63. The van der Waals surface area contributed by atoms with Crippen LogP contribution in [-0.4, -0.2) is 22.3 Å². The van der Waals surface area contributed by atoms with E-state index in [9.17, 15) is 9.18 Å². The molecule has 1 amide bonds. The van der Waals surface area contributed by atoms with E-state index in [-0.39, 0.29) is 11.7 Å². The van der Waals surface area contributed by atoms with E-state index < -0.39 is 0 Å². The van der Waals surface area contributed by atoms with Crippen LogP contribution in [0.15, 0.2) is 23.6 Å². The van der Waals surface area contributed by atoms with Gasteiger partial charge in [-0.3, -0.25) is 4.79 Å². The second-order valence-corrected chi connectivity index (χ2v) is 6.13. The number of hydrogen-bond donors (Lipinski definition) is 0. The molecule has 1 aliphatic rings. The average molecular weight is 325 g/mol. The van der Waals surface area contributed by atoms with Crippen LogP contribution in [0.5, 0.6) is 0 Å². The van der Waals surface area contributed by atoms with Gasteiger partial charge in [0, 0.05) is 36.0 Å². The summed E-state index contributed by atoms with van der Waals surface area (Å²) in [6.45, 7) is 1.06. The maximum absolute atomic E-state index is 14.2. The minimum atomic E-state index is -0.296. The van der Waals surface area contributed by atoms with Gasteiger partial charge in [0.25, 0.3) is 0 Å². The van der Waals surface area contributed by atoms with Gasteiger partial charge in [0.2, 0.25) is 5.91 Å². The van der Waals surface area contributed by atoms with Crippen LogP contribution in [-0.2, 0) is 17.2 Å². The van der Waals surface area contributed by atoms with E-state index in [4.69, 9.17) is 11.6 Å². The second-order valence-electron chi connectivity index (χ2n) is 5.00. The van der Waals surface area contributed by atoms with Crippen molar-refractivity contribution in [2.24, 2.45) is 0 Å². The van der Waals surface area contributed by atoms with Gasteiger partial charge in [-0.25, -0.2) is 9.37 Å². The second kappa shape index (κ2) is 6.12. The molecule has 1 saturated heterocycles. The number of halogens is 2. The third kappa shape index (κ3) is 3.09. The summed E-state index contributed by atoms with van der Waals surface area (Å²) in [7, 11) is 0. The maximum atomic E-state index is 14.2. The Bertz CT molecular complexity index is 673. The number of thiazole rings is 1. The zero-order chi connectivity index (χ0) is 14.8. The molecule has 2 heterocycles. The van der Waals surface area contributed by atoms with Crippen molar-refractivity contribution < 1.29 is 9.18 Å². The van der Waals surface area contributed by atoms with E-state index in [1.165, 1.54) is 17.4 Å². The first kappa shape index (κ1) is 14.5. The number of amides is 1. The molecule has 2 aromatic rings. The van der Waals surface area contributed by atoms with E-state index in [0.29, 0.717) is 31.0 Å². The molecule has 110 valence electrons. The molecular formula is C15H14ClFN2OS. The fourth-order valence-electron chi connectivity index (χ4n) is 2.39. The number of rotatable bonds is 4. The molecule has 0 bridgehead atoms. The average Bonchev–Trinajstić information content (AvgIpc) is 3.10. The third-order valence-electron chi connectivity index (χ3n) is 3.52. The highest BCUT2D eigenvalue weighted by atomic mass is 35.5. The van der Waals surface area contributed by atoms with Crippen LogP contribution in [0.2, 0.25) is 0 Å². The van der Waals surface area contributed by atoms with Gasteiger partial charge in [-0.2, -0.15) is 0 Å². The van der Waals surface area contributed by atoms with Crippen LogP contribution < -0.4 is 0 Å². The first-order valence-electron chi connectivity index (χ1n) is 6.74. The van der Waals surface area contributed by atoms with Crippen molar-refractivity contribution in [1.29, 1.82) is 0 Å². The van der Waals surface area contributed by atoms with Crippen molar-refractivity contribution in [2.45, 2.75) is 25.3 Å². The van der Waals surface area contributed by atoms with Crippen LogP contribution in [0, 0.1) is 5.82 Å². The fraction of sp³-hybridized carbons (Fsp3) is 0.333. The van der Waals surface area contributed by atoms with Crippen molar-refractivity contribution in [3.8, 4) is 10.6 Å². The third-order valence-corrected chi connectivity index (χ3v) is 4.74. The monoisotopic (exact) mass is 324 g/mol. The quantitative estimate of drug-likeness (QED) is 0.801. The molecule has 0 spiro atoms. The molecule has 1 aliphatic heterocycles. The molecule has 1 fully saturated rings. The molecule has 1 aromatic carbocycles. The largest absolute Gasteiger partial charge is 0.338 e. The summed E-state index contributed by atoms with van der Waals surface area (Å²) in [6, 6.07) is 5.06. The predicted molar refractivity (Wildman–Crippen MR) is 81.7 cm³/mol. The summed E-state index contributed by atoms with van der Waals surface area (Å²) in [5.74, 6) is 0.161. The molecule has 6 heteroatoms. The van der Waals surface area contributed by atoms with Crippen LogP contribution in [0.25, 0.3) is 10.6 Å². The van der Waals surface area contributed by atoms with Gasteiger partial charge in [0.1, 0.15) is 10.8 Å². The summed E-state index contributed by atoms with van der Waals surface area (Å²) in [5.41, 5.74) is 2.08.